The van der Waals surface area contributed by atoms with E-state index in [1.54, 1.807) is 47.4 Å². The minimum atomic E-state index is -3.61. The van der Waals surface area contributed by atoms with Crippen LogP contribution in [-0.2, 0) is 27.8 Å². The molecule has 1 saturated heterocycles. The summed E-state index contributed by atoms with van der Waals surface area (Å²) in [5, 5.41) is 5.45. The summed E-state index contributed by atoms with van der Waals surface area (Å²) < 4.78 is 31.8. The molecule has 9 nitrogen and oxygen atoms in total. The van der Waals surface area contributed by atoms with Gasteiger partial charge < -0.3 is 20.3 Å². The lowest BCUT2D eigenvalue weighted by Crippen LogP contribution is -2.48. The van der Waals surface area contributed by atoms with Crippen molar-refractivity contribution < 1.29 is 22.7 Å². The number of hydrogen-bond donors (Lipinski definition) is 2. The Bertz CT molecular complexity index is 1110. The average molecular weight is 489 g/mol. The smallest absolute Gasteiger partial charge is 0.315 e. The maximum Gasteiger partial charge on any atom is 0.315 e. The van der Waals surface area contributed by atoms with Gasteiger partial charge in [-0.05, 0) is 43.2 Å². The maximum atomic E-state index is 12.8. The van der Waals surface area contributed by atoms with Crippen LogP contribution in [-0.4, -0.2) is 69.0 Å². The lowest BCUT2D eigenvalue weighted by atomic mass is 10.1. The van der Waals surface area contributed by atoms with Crippen LogP contribution < -0.4 is 10.6 Å². The Balaban J connectivity index is 1.53. The molecule has 0 spiro atoms. The predicted octanol–water partition coefficient (Wildman–Crippen LogP) is 2.19. The average Bonchev–Trinajstić information content (AvgIpc) is 2.80. The van der Waals surface area contributed by atoms with Gasteiger partial charge in [-0.15, -0.1) is 0 Å². The molecule has 2 aromatic carbocycles. The highest BCUT2D eigenvalue weighted by atomic mass is 32.2. The van der Waals surface area contributed by atoms with E-state index >= 15 is 0 Å². The SMILES string of the molecule is CC1CN(C(=O)c2ccc(CNC(=O)NCc3ccccc3S(=O)(=O)N(C)C)cc2)CC(C)O1. The summed E-state index contributed by atoms with van der Waals surface area (Å²) >= 11 is 0. The Hall–Kier alpha value is -2.95. The number of urea groups is 1. The van der Waals surface area contributed by atoms with E-state index < -0.39 is 16.1 Å². The highest BCUT2D eigenvalue weighted by molar-refractivity contribution is 7.89. The van der Waals surface area contributed by atoms with Gasteiger partial charge >= 0.3 is 6.03 Å². The van der Waals surface area contributed by atoms with Crippen LogP contribution in [0.3, 0.4) is 0 Å². The number of benzene rings is 2. The lowest BCUT2D eigenvalue weighted by molar-refractivity contribution is -0.0586. The number of nitrogens with one attached hydrogen (secondary N) is 2. The molecular weight excluding hydrogens is 456 g/mol. The first-order valence-corrected chi connectivity index (χ1v) is 12.6. The van der Waals surface area contributed by atoms with Crippen LogP contribution in [0.2, 0.25) is 0 Å². The third-order valence-electron chi connectivity index (χ3n) is 5.53. The normalized spacial score (nSPS) is 18.6. The maximum absolute atomic E-state index is 12.8. The molecule has 2 atom stereocenters. The number of carbonyl (C=O) groups is 2. The molecule has 10 heteroatoms. The van der Waals surface area contributed by atoms with E-state index in [0.717, 1.165) is 9.87 Å². The van der Waals surface area contributed by atoms with E-state index in [0.29, 0.717) is 24.2 Å². The fraction of sp³-hybridized carbons (Fsp3) is 0.417. The molecule has 0 bridgehead atoms. The molecule has 0 radical (unpaired) electrons. The zero-order valence-corrected chi connectivity index (χ0v) is 20.8. The minimum absolute atomic E-state index is 0.00430. The van der Waals surface area contributed by atoms with Crippen molar-refractivity contribution in [2.75, 3.05) is 27.2 Å². The van der Waals surface area contributed by atoms with Crippen molar-refractivity contribution in [1.29, 1.82) is 0 Å². The van der Waals surface area contributed by atoms with E-state index in [1.807, 2.05) is 13.8 Å². The quantitative estimate of drug-likeness (QED) is 0.621. The van der Waals surface area contributed by atoms with Crippen molar-refractivity contribution >= 4 is 22.0 Å². The van der Waals surface area contributed by atoms with E-state index in [1.165, 1.54) is 20.2 Å². The summed E-state index contributed by atoms with van der Waals surface area (Å²) in [6, 6.07) is 13.3. The van der Waals surface area contributed by atoms with Gasteiger partial charge in [0.05, 0.1) is 17.1 Å². The summed E-state index contributed by atoms with van der Waals surface area (Å²) in [5.74, 6) is -0.0365. The fourth-order valence-electron chi connectivity index (χ4n) is 3.81. The molecule has 1 heterocycles. The Morgan fingerprint density at radius 3 is 2.18 bits per heavy atom. The minimum Gasteiger partial charge on any atom is -0.372 e. The first kappa shape index (κ1) is 25.7. The highest BCUT2D eigenvalue weighted by Gasteiger charge is 2.26. The number of hydrogen-bond acceptors (Lipinski definition) is 5. The first-order chi connectivity index (χ1) is 16.1. The van der Waals surface area contributed by atoms with Crippen molar-refractivity contribution in [3.8, 4) is 0 Å². The number of nitrogens with zero attached hydrogens (tertiary/aromatic N) is 2. The largest absolute Gasteiger partial charge is 0.372 e. The van der Waals surface area contributed by atoms with Gasteiger partial charge in [-0.25, -0.2) is 17.5 Å². The molecule has 2 unspecified atom stereocenters. The lowest BCUT2D eigenvalue weighted by Gasteiger charge is -2.35. The summed E-state index contributed by atoms with van der Waals surface area (Å²) in [6.07, 6.45) is 0.00859. The fourth-order valence-corrected chi connectivity index (χ4v) is 4.93. The monoisotopic (exact) mass is 488 g/mol. The molecule has 0 aromatic heterocycles. The number of carbonyl (C=O) groups excluding carboxylic acids is 2. The number of ether oxygens (including phenoxy) is 1. The summed E-state index contributed by atoms with van der Waals surface area (Å²) in [7, 11) is -0.682. The molecule has 1 aliphatic heterocycles. The van der Waals surface area contributed by atoms with Crippen molar-refractivity contribution in [2.45, 2.75) is 44.0 Å². The van der Waals surface area contributed by atoms with Crippen LogP contribution >= 0.6 is 0 Å². The molecule has 0 aliphatic carbocycles. The zero-order chi connectivity index (χ0) is 24.9. The predicted molar refractivity (Wildman–Crippen MR) is 129 cm³/mol. The van der Waals surface area contributed by atoms with Gasteiger partial charge in [-0.2, -0.15) is 0 Å². The van der Waals surface area contributed by atoms with Crippen LogP contribution in [0.5, 0.6) is 0 Å². The second-order valence-electron chi connectivity index (χ2n) is 8.60. The van der Waals surface area contributed by atoms with Crippen LogP contribution in [0.15, 0.2) is 53.4 Å². The zero-order valence-electron chi connectivity index (χ0n) is 19.9. The first-order valence-electron chi connectivity index (χ1n) is 11.1. The highest BCUT2D eigenvalue weighted by Crippen LogP contribution is 2.18. The number of amides is 3. The van der Waals surface area contributed by atoms with Crippen molar-refractivity contribution in [1.82, 2.24) is 19.8 Å². The summed E-state index contributed by atoms with van der Waals surface area (Å²) in [6.45, 7) is 5.37. The van der Waals surface area contributed by atoms with Crippen molar-refractivity contribution in [3.63, 3.8) is 0 Å². The molecule has 34 heavy (non-hydrogen) atoms. The third kappa shape index (κ3) is 6.34. The molecular formula is C24H32N4O5S. The van der Waals surface area contributed by atoms with Crippen LogP contribution in [0.4, 0.5) is 4.79 Å². The van der Waals surface area contributed by atoms with E-state index in [9.17, 15) is 18.0 Å². The molecule has 3 rings (SSSR count). The van der Waals surface area contributed by atoms with E-state index in [2.05, 4.69) is 10.6 Å². The Kier molecular flexibility index (Phi) is 8.29. The van der Waals surface area contributed by atoms with Gasteiger partial charge in [0.1, 0.15) is 0 Å². The number of morpholine rings is 1. The summed E-state index contributed by atoms with van der Waals surface area (Å²) in [4.78, 5) is 27.0. The standard InChI is InChI=1S/C24H32N4O5S/c1-17-15-28(16-18(2)33-17)23(29)20-11-9-19(10-12-20)13-25-24(30)26-14-21-7-5-6-8-22(21)34(31,32)27(3)4/h5-12,17-18H,13-16H2,1-4H3,(H2,25,26,30). The second kappa shape index (κ2) is 11.0. The van der Waals surface area contributed by atoms with Gasteiger partial charge in [0.25, 0.3) is 5.91 Å². The molecule has 0 saturated carbocycles. The van der Waals surface area contributed by atoms with Crippen LogP contribution in [0.25, 0.3) is 0 Å². The van der Waals surface area contributed by atoms with Gasteiger partial charge in [0.15, 0.2) is 0 Å². The molecule has 184 valence electrons. The van der Waals surface area contributed by atoms with Crippen LogP contribution in [0, 0.1) is 0 Å². The second-order valence-corrected chi connectivity index (χ2v) is 10.7. The molecule has 3 amide bonds. The van der Waals surface area contributed by atoms with Gasteiger partial charge in [-0.1, -0.05) is 30.3 Å². The molecule has 1 aliphatic rings. The topological polar surface area (TPSA) is 108 Å². The van der Waals surface area contributed by atoms with Crippen molar-refractivity contribution in [2.24, 2.45) is 0 Å². The third-order valence-corrected chi connectivity index (χ3v) is 7.45. The van der Waals surface area contributed by atoms with E-state index in [-0.39, 0.29) is 36.1 Å². The molecule has 2 aromatic rings. The van der Waals surface area contributed by atoms with E-state index in [4.69, 9.17) is 4.74 Å². The van der Waals surface area contributed by atoms with Crippen molar-refractivity contribution in [3.05, 3.63) is 65.2 Å². The van der Waals surface area contributed by atoms with Gasteiger partial charge in [0, 0.05) is 45.8 Å². The Labute approximate surface area is 201 Å². The summed E-state index contributed by atoms with van der Waals surface area (Å²) in [5.41, 5.74) is 1.93. The molecule has 2 N–H and O–H groups in total. The number of rotatable bonds is 7. The molecule has 1 fully saturated rings. The Morgan fingerprint density at radius 2 is 1.56 bits per heavy atom. The Morgan fingerprint density at radius 1 is 0.971 bits per heavy atom. The van der Waals surface area contributed by atoms with Crippen LogP contribution in [0.1, 0.15) is 35.3 Å². The van der Waals surface area contributed by atoms with Gasteiger partial charge in [-0.3, -0.25) is 4.79 Å². The number of sulfonamides is 1. The van der Waals surface area contributed by atoms with Gasteiger partial charge in [0.2, 0.25) is 10.0 Å².